The van der Waals surface area contributed by atoms with Gasteiger partial charge in [-0.15, -0.1) is 0 Å². The topological polar surface area (TPSA) is 186 Å². The van der Waals surface area contributed by atoms with Crippen LogP contribution in [-0.4, -0.2) is 71.4 Å². The Bertz CT molecular complexity index is 1510. The number of nitrogens with one attached hydrogen (secondary N) is 1. The van der Waals surface area contributed by atoms with E-state index in [1.807, 2.05) is 40.8 Å². The molecular formula is C27H33N11O2+2. The van der Waals surface area contributed by atoms with E-state index in [0.29, 0.717) is 5.95 Å². The molecule has 1 aliphatic carbocycles. The molecule has 4 aromatic heterocycles. The molecule has 206 valence electrons. The number of aryl methyl sites for hydroxylation is 1. The van der Waals surface area contributed by atoms with Crippen LogP contribution in [0, 0.1) is 12.8 Å². The Morgan fingerprint density at radius 2 is 1.75 bits per heavy atom. The number of anilines is 2. The van der Waals surface area contributed by atoms with Gasteiger partial charge in [0.1, 0.15) is 25.1 Å². The normalized spacial score (nSPS) is 17.5. The molecule has 7 N–H and O–H groups in total. The SMILES string of the molecule is Cc1cnc(/N=C/C2CCC(N(CC([NH3+])=O)CC([NH3+])=O)CC2)nc1-c1cnc2ccc(Nc3cncnc3)cn12. The van der Waals surface area contributed by atoms with Crippen molar-refractivity contribution in [3.8, 4) is 11.4 Å². The van der Waals surface area contributed by atoms with Crippen molar-refractivity contribution in [2.45, 2.75) is 38.6 Å². The summed E-state index contributed by atoms with van der Waals surface area (Å²) in [4.78, 5) is 51.5. The van der Waals surface area contributed by atoms with Crippen molar-refractivity contribution < 1.29 is 21.1 Å². The lowest BCUT2D eigenvalue weighted by Crippen LogP contribution is -2.66. The van der Waals surface area contributed by atoms with Crippen LogP contribution in [0.25, 0.3) is 17.0 Å². The molecule has 0 aromatic carbocycles. The van der Waals surface area contributed by atoms with Gasteiger partial charge in [0.05, 0.1) is 41.4 Å². The highest BCUT2D eigenvalue weighted by Crippen LogP contribution is 2.28. The van der Waals surface area contributed by atoms with E-state index in [-0.39, 0.29) is 36.9 Å². The maximum absolute atomic E-state index is 11.6. The second-order valence-corrected chi connectivity index (χ2v) is 10.1. The van der Waals surface area contributed by atoms with Crippen LogP contribution in [0.4, 0.5) is 17.3 Å². The first-order valence-corrected chi connectivity index (χ1v) is 13.2. The molecule has 0 unspecified atom stereocenters. The minimum atomic E-state index is -0.193. The summed E-state index contributed by atoms with van der Waals surface area (Å²) in [5, 5.41) is 3.30. The Labute approximate surface area is 230 Å². The summed E-state index contributed by atoms with van der Waals surface area (Å²) in [6, 6.07) is 4.04. The number of carbonyl (C=O) groups excluding carboxylic acids is 2. The highest BCUT2D eigenvalue weighted by atomic mass is 16.2. The summed E-state index contributed by atoms with van der Waals surface area (Å²) in [6.45, 7) is 2.31. The van der Waals surface area contributed by atoms with E-state index in [4.69, 9.17) is 4.98 Å². The van der Waals surface area contributed by atoms with Gasteiger partial charge in [-0.25, -0.2) is 39.5 Å². The number of imidazole rings is 1. The molecule has 13 nitrogen and oxygen atoms in total. The summed E-state index contributed by atoms with van der Waals surface area (Å²) in [5.41, 5.74) is 11.9. The van der Waals surface area contributed by atoms with Gasteiger partial charge in [0.15, 0.2) is 0 Å². The second kappa shape index (κ2) is 12.2. The zero-order chi connectivity index (χ0) is 28.1. The third-order valence-corrected chi connectivity index (χ3v) is 6.97. The predicted molar refractivity (Wildman–Crippen MR) is 148 cm³/mol. The lowest BCUT2D eigenvalue weighted by molar-refractivity contribution is -0.311. The second-order valence-electron chi connectivity index (χ2n) is 10.1. The minimum absolute atomic E-state index is 0.159. The number of hydrogen-bond donors (Lipinski definition) is 3. The third kappa shape index (κ3) is 6.57. The molecule has 0 bridgehead atoms. The van der Waals surface area contributed by atoms with E-state index < -0.39 is 0 Å². The number of nitrogens with zero attached hydrogens (tertiary/aromatic N) is 8. The Kier molecular flexibility index (Phi) is 8.24. The van der Waals surface area contributed by atoms with Gasteiger partial charge in [-0.05, 0) is 56.2 Å². The zero-order valence-corrected chi connectivity index (χ0v) is 22.4. The average Bonchev–Trinajstić information content (AvgIpc) is 3.36. The van der Waals surface area contributed by atoms with Crippen molar-refractivity contribution in [2.75, 3.05) is 18.4 Å². The van der Waals surface area contributed by atoms with Gasteiger partial charge in [-0.1, -0.05) is 0 Å². The fraction of sp³-hybridized carbons (Fsp3) is 0.333. The molecule has 40 heavy (non-hydrogen) atoms. The monoisotopic (exact) mass is 543 g/mol. The summed E-state index contributed by atoms with van der Waals surface area (Å²) < 4.78 is 1.98. The van der Waals surface area contributed by atoms with E-state index in [9.17, 15) is 9.59 Å². The number of aromatic nitrogens is 6. The van der Waals surface area contributed by atoms with Crippen molar-refractivity contribution in [1.82, 2.24) is 34.2 Å². The largest absolute Gasteiger partial charge is 0.352 e. The van der Waals surface area contributed by atoms with Crippen molar-refractivity contribution in [2.24, 2.45) is 10.9 Å². The van der Waals surface area contributed by atoms with Crippen LogP contribution in [0.2, 0.25) is 0 Å². The van der Waals surface area contributed by atoms with Gasteiger partial charge < -0.3 is 5.32 Å². The van der Waals surface area contributed by atoms with Crippen LogP contribution in [0.15, 0.2) is 54.4 Å². The number of carbonyl (C=O) groups is 2. The fourth-order valence-electron chi connectivity index (χ4n) is 5.07. The molecule has 1 fully saturated rings. The first-order chi connectivity index (χ1) is 19.4. The molecule has 1 aliphatic rings. The molecule has 0 saturated heterocycles. The quantitative estimate of drug-likeness (QED) is 0.242. The Hall–Kier alpha value is -4.46. The molecule has 2 amide bonds. The van der Waals surface area contributed by atoms with Crippen molar-refractivity contribution in [3.05, 3.63) is 55.0 Å². The lowest BCUT2D eigenvalue weighted by atomic mass is 9.86. The standard InChI is InChI=1S/C27H31N11O2/c1-17-8-33-27(34-9-18-2-5-21(6-3-18)37(14-23(28)39)15-24(29)40)36-26(17)22-12-32-25-7-4-19(13-38(22)25)35-20-10-30-16-31-11-20/h4,7-13,16,18,21,35H,2-3,5-6,14-15H2,1H3,(H2,28,39)(H2,29,40)/p+2/b34-9+. The maximum Gasteiger partial charge on any atom is 0.322 e. The van der Waals surface area contributed by atoms with Gasteiger partial charge >= 0.3 is 11.8 Å². The molecule has 13 heteroatoms. The van der Waals surface area contributed by atoms with Crippen LogP contribution in [-0.2, 0) is 9.59 Å². The van der Waals surface area contributed by atoms with E-state index in [1.165, 1.54) is 6.33 Å². The lowest BCUT2D eigenvalue weighted by Gasteiger charge is -2.33. The third-order valence-electron chi connectivity index (χ3n) is 6.97. The van der Waals surface area contributed by atoms with Gasteiger partial charge in [-0.2, -0.15) is 0 Å². The van der Waals surface area contributed by atoms with Gasteiger partial charge in [-0.3, -0.25) is 20.8 Å². The van der Waals surface area contributed by atoms with Crippen LogP contribution >= 0.6 is 0 Å². The number of rotatable bonds is 10. The molecule has 0 spiro atoms. The molecular weight excluding hydrogens is 510 g/mol. The molecule has 0 aliphatic heterocycles. The van der Waals surface area contributed by atoms with Gasteiger partial charge in [0, 0.05) is 24.7 Å². The Morgan fingerprint density at radius 3 is 2.45 bits per heavy atom. The molecule has 4 heterocycles. The zero-order valence-electron chi connectivity index (χ0n) is 22.4. The molecule has 4 aromatic rings. The van der Waals surface area contributed by atoms with E-state index >= 15 is 0 Å². The Balaban J connectivity index is 1.30. The average molecular weight is 544 g/mol. The van der Waals surface area contributed by atoms with E-state index in [2.05, 4.69) is 41.7 Å². The van der Waals surface area contributed by atoms with Gasteiger partial charge in [0.25, 0.3) is 0 Å². The van der Waals surface area contributed by atoms with Crippen molar-refractivity contribution in [1.29, 1.82) is 0 Å². The fourth-order valence-corrected chi connectivity index (χ4v) is 5.07. The van der Waals surface area contributed by atoms with Crippen molar-refractivity contribution in [3.63, 3.8) is 0 Å². The maximum atomic E-state index is 11.6. The first kappa shape index (κ1) is 27.1. The number of aliphatic imine (C=N–C) groups is 1. The summed E-state index contributed by atoms with van der Waals surface area (Å²) >= 11 is 0. The number of amides is 2. The number of fused-ring (bicyclic) bond motifs is 1. The number of pyridine rings is 1. The van der Waals surface area contributed by atoms with Crippen LogP contribution in [0.5, 0.6) is 0 Å². The number of quaternary nitrogens is 2. The summed E-state index contributed by atoms with van der Waals surface area (Å²) in [6.07, 6.45) is 15.9. The highest BCUT2D eigenvalue weighted by Gasteiger charge is 2.28. The molecule has 1 saturated carbocycles. The van der Waals surface area contributed by atoms with Crippen LogP contribution < -0.4 is 16.8 Å². The summed E-state index contributed by atoms with van der Waals surface area (Å²) in [7, 11) is 0. The van der Waals surface area contributed by atoms with Crippen molar-refractivity contribution >= 4 is 41.0 Å². The van der Waals surface area contributed by atoms with Gasteiger partial charge in [0.2, 0.25) is 5.95 Å². The first-order valence-electron chi connectivity index (χ1n) is 13.2. The van der Waals surface area contributed by atoms with Crippen LogP contribution in [0.3, 0.4) is 0 Å². The van der Waals surface area contributed by atoms with Crippen LogP contribution in [0.1, 0.15) is 31.2 Å². The smallest absolute Gasteiger partial charge is 0.322 e. The van der Waals surface area contributed by atoms with E-state index in [0.717, 1.165) is 59.7 Å². The summed E-state index contributed by atoms with van der Waals surface area (Å²) in [5.74, 6) is 0.270. The molecule has 0 atom stereocenters. The minimum Gasteiger partial charge on any atom is -0.352 e. The molecule has 5 rings (SSSR count). The number of hydrogen-bond acceptors (Lipinski definition) is 10. The van der Waals surface area contributed by atoms with E-state index in [1.54, 1.807) is 24.8 Å². The Morgan fingerprint density at radius 1 is 1.02 bits per heavy atom. The highest BCUT2D eigenvalue weighted by molar-refractivity contribution is 5.71. The predicted octanol–water partition coefficient (Wildman–Crippen LogP) is 0.733. The molecule has 0 radical (unpaired) electrons.